The fraction of sp³-hybridized carbons (Fsp3) is 0.571. The van der Waals surface area contributed by atoms with Crippen LogP contribution in [0.25, 0.3) is 0 Å². The number of nitrogen functional groups attached to an aromatic ring is 1. The monoisotopic (exact) mass is 255 g/mol. The first-order valence-electron chi connectivity index (χ1n) is 6.53. The van der Waals surface area contributed by atoms with Gasteiger partial charge in [-0.25, -0.2) is 8.78 Å². The molecule has 0 amide bonds. The minimum absolute atomic E-state index is 0.0206. The first-order chi connectivity index (χ1) is 8.61. The van der Waals surface area contributed by atoms with Gasteiger partial charge in [0, 0.05) is 12.1 Å². The Labute approximate surface area is 106 Å². The summed E-state index contributed by atoms with van der Waals surface area (Å²) in [5.74, 6) is -0.822. The zero-order chi connectivity index (χ0) is 13.1. The molecular weight excluding hydrogens is 236 g/mol. The Morgan fingerprint density at radius 1 is 1.28 bits per heavy atom. The van der Waals surface area contributed by atoms with Crippen molar-refractivity contribution in [2.75, 3.05) is 5.73 Å². The van der Waals surface area contributed by atoms with E-state index in [-0.39, 0.29) is 17.5 Å². The molecule has 1 fully saturated rings. The van der Waals surface area contributed by atoms with E-state index in [9.17, 15) is 8.78 Å². The number of rotatable bonds is 3. The lowest BCUT2D eigenvalue weighted by atomic mass is 9.85. The van der Waals surface area contributed by atoms with Gasteiger partial charge in [-0.3, -0.25) is 0 Å². The van der Waals surface area contributed by atoms with E-state index in [2.05, 4.69) is 6.92 Å². The fourth-order valence-electron chi connectivity index (χ4n) is 2.62. The van der Waals surface area contributed by atoms with Crippen LogP contribution in [0.1, 0.15) is 39.0 Å². The van der Waals surface area contributed by atoms with Gasteiger partial charge in [-0.1, -0.05) is 13.3 Å². The molecule has 1 aromatic rings. The summed E-state index contributed by atoms with van der Waals surface area (Å²) in [7, 11) is 0. The molecule has 1 aliphatic rings. The molecule has 2 unspecified atom stereocenters. The summed E-state index contributed by atoms with van der Waals surface area (Å²) in [6.07, 6.45) is 5.37. The second-order valence-corrected chi connectivity index (χ2v) is 4.91. The van der Waals surface area contributed by atoms with Crippen molar-refractivity contribution in [3.8, 4) is 5.75 Å². The molecule has 4 heteroatoms. The zero-order valence-corrected chi connectivity index (χ0v) is 10.6. The smallest absolute Gasteiger partial charge is 0.152 e. The Bertz CT molecular complexity index is 423. The normalized spacial score (nSPS) is 23.9. The Kier molecular flexibility index (Phi) is 4.04. The molecule has 0 heterocycles. The maximum Gasteiger partial charge on any atom is 0.152 e. The van der Waals surface area contributed by atoms with Gasteiger partial charge in [0.2, 0.25) is 0 Å². The van der Waals surface area contributed by atoms with E-state index in [1.54, 1.807) is 0 Å². The van der Waals surface area contributed by atoms with Crippen molar-refractivity contribution in [1.82, 2.24) is 0 Å². The molecule has 0 bridgehead atoms. The van der Waals surface area contributed by atoms with E-state index >= 15 is 0 Å². The second-order valence-electron chi connectivity index (χ2n) is 4.91. The maximum absolute atomic E-state index is 13.3. The largest absolute Gasteiger partial charge is 0.488 e. The van der Waals surface area contributed by atoms with Crippen molar-refractivity contribution in [2.45, 2.75) is 45.1 Å². The summed E-state index contributed by atoms with van der Waals surface area (Å²) in [6, 6.07) is 1.94. The molecule has 2 nitrogen and oxygen atoms in total. The average molecular weight is 255 g/mol. The Hall–Kier alpha value is -1.32. The lowest BCUT2D eigenvalue weighted by Crippen LogP contribution is -2.30. The average Bonchev–Trinajstić information content (AvgIpc) is 2.36. The zero-order valence-electron chi connectivity index (χ0n) is 10.6. The third kappa shape index (κ3) is 2.74. The predicted octanol–water partition coefficient (Wildman–Crippen LogP) is 3.89. The van der Waals surface area contributed by atoms with E-state index < -0.39 is 11.6 Å². The van der Waals surface area contributed by atoms with Gasteiger partial charge in [0.1, 0.15) is 23.4 Å². The molecule has 2 rings (SSSR count). The van der Waals surface area contributed by atoms with Crippen LogP contribution in [-0.4, -0.2) is 6.10 Å². The molecule has 18 heavy (non-hydrogen) atoms. The first kappa shape index (κ1) is 13.1. The van der Waals surface area contributed by atoms with Crippen LogP contribution in [-0.2, 0) is 0 Å². The van der Waals surface area contributed by atoms with Gasteiger partial charge in [-0.2, -0.15) is 0 Å². The van der Waals surface area contributed by atoms with Gasteiger partial charge < -0.3 is 10.5 Å². The Morgan fingerprint density at radius 2 is 2.00 bits per heavy atom. The molecule has 0 saturated heterocycles. The highest BCUT2D eigenvalue weighted by Crippen LogP contribution is 2.33. The van der Waals surface area contributed by atoms with Crippen LogP contribution < -0.4 is 10.5 Å². The number of benzene rings is 1. The van der Waals surface area contributed by atoms with Crippen LogP contribution in [0.5, 0.6) is 5.75 Å². The standard InChI is InChI=1S/C14H19F2NO/c1-2-9-5-3-4-6-12(9)18-13-8-10(15)7-11(16)14(13)17/h7-9,12H,2-6,17H2,1H3. The van der Waals surface area contributed by atoms with Crippen LogP contribution in [0, 0.1) is 17.6 Å². The first-order valence-corrected chi connectivity index (χ1v) is 6.53. The molecule has 1 aromatic carbocycles. The van der Waals surface area contributed by atoms with E-state index in [0.717, 1.165) is 31.7 Å². The minimum atomic E-state index is -0.756. The van der Waals surface area contributed by atoms with Gasteiger partial charge in [-0.15, -0.1) is 0 Å². The van der Waals surface area contributed by atoms with Crippen LogP contribution in [0.3, 0.4) is 0 Å². The van der Waals surface area contributed by atoms with Crippen molar-refractivity contribution in [3.05, 3.63) is 23.8 Å². The van der Waals surface area contributed by atoms with Gasteiger partial charge in [-0.05, 0) is 31.6 Å². The molecule has 2 N–H and O–H groups in total. The fourth-order valence-corrected chi connectivity index (χ4v) is 2.62. The van der Waals surface area contributed by atoms with Gasteiger partial charge in [0.25, 0.3) is 0 Å². The van der Waals surface area contributed by atoms with Crippen molar-refractivity contribution in [2.24, 2.45) is 5.92 Å². The molecular formula is C14H19F2NO. The lowest BCUT2D eigenvalue weighted by Gasteiger charge is -2.31. The highest BCUT2D eigenvalue weighted by atomic mass is 19.1. The number of hydrogen-bond donors (Lipinski definition) is 1. The van der Waals surface area contributed by atoms with E-state index in [4.69, 9.17) is 10.5 Å². The topological polar surface area (TPSA) is 35.2 Å². The van der Waals surface area contributed by atoms with Crippen LogP contribution >= 0.6 is 0 Å². The molecule has 0 spiro atoms. The summed E-state index contributed by atoms with van der Waals surface area (Å²) in [4.78, 5) is 0. The number of anilines is 1. The highest BCUT2D eigenvalue weighted by Gasteiger charge is 2.26. The summed E-state index contributed by atoms with van der Waals surface area (Å²) < 4.78 is 32.2. The second kappa shape index (κ2) is 5.55. The number of halogens is 2. The molecule has 1 aliphatic carbocycles. The lowest BCUT2D eigenvalue weighted by molar-refractivity contribution is 0.0905. The van der Waals surface area contributed by atoms with Crippen molar-refractivity contribution < 1.29 is 13.5 Å². The van der Waals surface area contributed by atoms with Crippen molar-refractivity contribution in [1.29, 1.82) is 0 Å². The summed E-state index contributed by atoms with van der Waals surface area (Å²) in [6.45, 7) is 2.11. The number of ether oxygens (including phenoxy) is 1. The molecule has 1 saturated carbocycles. The third-order valence-corrected chi connectivity index (χ3v) is 3.70. The number of hydrogen-bond acceptors (Lipinski definition) is 2. The summed E-state index contributed by atoms with van der Waals surface area (Å²) in [5.41, 5.74) is 5.49. The molecule has 100 valence electrons. The third-order valence-electron chi connectivity index (χ3n) is 3.70. The van der Waals surface area contributed by atoms with E-state index in [1.807, 2.05) is 0 Å². The van der Waals surface area contributed by atoms with E-state index in [0.29, 0.717) is 5.92 Å². The maximum atomic E-state index is 13.3. The Balaban J connectivity index is 2.17. The number of nitrogens with two attached hydrogens (primary N) is 1. The van der Waals surface area contributed by atoms with Gasteiger partial charge in [0.05, 0.1) is 0 Å². The van der Waals surface area contributed by atoms with Crippen LogP contribution in [0.2, 0.25) is 0 Å². The van der Waals surface area contributed by atoms with Gasteiger partial charge >= 0.3 is 0 Å². The molecule has 0 radical (unpaired) electrons. The molecule has 2 atom stereocenters. The molecule has 0 aliphatic heterocycles. The SMILES string of the molecule is CCC1CCCCC1Oc1cc(F)cc(F)c1N. The van der Waals surface area contributed by atoms with Crippen LogP contribution in [0.15, 0.2) is 12.1 Å². The van der Waals surface area contributed by atoms with Crippen LogP contribution in [0.4, 0.5) is 14.5 Å². The van der Waals surface area contributed by atoms with Gasteiger partial charge in [0.15, 0.2) is 5.82 Å². The minimum Gasteiger partial charge on any atom is -0.488 e. The summed E-state index contributed by atoms with van der Waals surface area (Å²) >= 11 is 0. The predicted molar refractivity (Wildman–Crippen MR) is 67.4 cm³/mol. The quantitative estimate of drug-likeness (QED) is 0.831. The van der Waals surface area contributed by atoms with E-state index in [1.165, 1.54) is 12.5 Å². The highest BCUT2D eigenvalue weighted by molar-refractivity contribution is 5.53. The molecule has 0 aromatic heterocycles. The summed E-state index contributed by atoms with van der Waals surface area (Å²) in [5, 5.41) is 0. The van der Waals surface area contributed by atoms with Crippen molar-refractivity contribution >= 4 is 5.69 Å². The van der Waals surface area contributed by atoms with Crippen molar-refractivity contribution in [3.63, 3.8) is 0 Å². The Morgan fingerprint density at radius 3 is 2.72 bits per heavy atom.